The average Bonchev–Trinajstić information content (AvgIpc) is 2.45. The third-order valence-corrected chi connectivity index (χ3v) is 4.28. The highest BCUT2D eigenvalue weighted by Gasteiger charge is 2.17. The van der Waals surface area contributed by atoms with Crippen LogP contribution >= 0.6 is 0 Å². The monoisotopic (exact) mass is 313 g/mol. The topological polar surface area (TPSA) is 87.3 Å². The molecule has 0 bridgehead atoms. The van der Waals surface area contributed by atoms with E-state index in [9.17, 15) is 13.2 Å². The van der Waals surface area contributed by atoms with Crippen molar-refractivity contribution in [3.63, 3.8) is 0 Å². The summed E-state index contributed by atoms with van der Waals surface area (Å²) in [5.74, 6) is -0.153. The average molecular weight is 313 g/mol. The number of hydrogen-bond acceptors (Lipinski definition) is 4. The minimum absolute atomic E-state index is 0.0817. The fraction of sp³-hybridized carbons (Fsp3) is 0.500. The van der Waals surface area contributed by atoms with Crippen LogP contribution in [0.2, 0.25) is 0 Å². The zero-order valence-electron chi connectivity index (χ0n) is 12.5. The third-order valence-electron chi connectivity index (χ3n) is 2.76. The number of benzene rings is 1. The zero-order valence-corrected chi connectivity index (χ0v) is 13.3. The molecule has 1 rings (SSSR count). The van der Waals surface area contributed by atoms with Gasteiger partial charge in [0.1, 0.15) is 4.90 Å². The molecule has 0 radical (unpaired) electrons. The van der Waals surface area contributed by atoms with Gasteiger partial charge in [-0.1, -0.05) is 19.1 Å². The van der Waals surface area contributed by atoms with Crippen LogP contribution in [-0.4, -0.2) is 34.0 Å². The summed E-state index contributed by atoms with van der Waals surface area (Å²) in [7, 11) is -3.62. The Morgan fingerprint density at radius 3 is 2.52 bits per heavy atom. The molecule has 0 aromatic heterocycles. The van der Waals surface area contributed by atoms with Gasteiger partial charge in [0, 0.05) is 26.1 Å². The van der Waals surface area contributed by atoms with E-state index < -0.39 is 10.0 Å². The normalized spacial score (nSPS) is 11.1. The van der Waals surface area contributed by atoms with Gasteiger partial charge in [-0.2, -0.15) is 0 Å². The van der Waals surface area contributed by atoms with E-state index >= 15 is 0 Å². The minimum atomic E-state index is -3.62. The van der Waals surface area contributed by atoms with E-state index in [4.69, 9.17) is 0 Å². The standard InChI is InChI=1S/C14H23N3O3S/c1-3-10-16-14(18)9-11-17-21(19,20)13-8-6-5-7-12(13)15-4-2/h5-8,15,17H,3-4,9-11H2,1-2H3,(H,16,18). The molecule has 0 unspecified atom stereocenters. The highest BCUT2D eigenvalue weighted by Crippen LogP contribution is 2.20. The molecular weight excluding hydrogens is 290 g/mol. The molecule has 0 aliphatic carbocycles. The first-order valence-corrected chi connectivity index (χ1v) is 8.58. The maximum atomic E-state index is 12.2. The van der Waals surface area contributed by atoms with Crippen molar-refractivity contribution in [2.75, 3.05) is 25.0 Å². The van der Waals surface area contributed by atoms with Crippen LogP contribution in [0.3, 0.4) is 0 Å². The Morgan fingerprint density at radius 1 is 1.14 bits per heavy atom. The lowest BCUT2D eigenvalue weighted by Gasteiger charge is -2.12. The Hall–Kier alpha value is -1.60. The van der Waals surface area contributed by atoms with Gasteiger partial charge in [-0.05, 0) is 25.5 Å². The van der Waals surface area contributed by atoms with Crippen molar-refractivity contribution in [2.45, 2.75) is 31.6 Å². The summed E-state index contributed by atoms with van der Waals surface area (Å²) < 4.78 is 26.9. The number of rotatable bonds is 9. The predicted molar refractivity (Wildman–Crippen MR) is 83.7 cm³/mol. The minimum Gasteiger partial charge on any atom is -0.384 e. The molecule has 0 atom stereocenters. The maximum absolute atomic E-state index is 12.2. The van der Waals surface area contributed by atoms with Crippen LogP contribution in [-0.2, 0) is 14.8 Å². The second kappa shape index (κ2) is 8.63. The van der Waals surface area contributed by atoms with Gasteiger partial charge in [0.25, 0.3) is 0 Å². The number of hydrogen-bond donors (Lipinski definition) is 3. The van der Waals surface area contributed by atoms with Crippen molar-refractivity contribution in [1.82, 2.24) is 10.0 Å². The van der Waals surface area contributed by atoms with Crippen molar-refractivity contribution in [3.05, 3.63) is 24.3 Å². The molecule has 7 heteroatoms. The molecule has 1 aromatic carbocycles. The van der Waals surface area contributed by atoms with Crippen LogP contribution in [0.5, 0.6) is 0 Å². The fourth-order valence-electron chi connectivity index (χ4n) is 1.77. The van der Waals surface area contributed by atoms with E-state index in [-0.39, 0.29) is 23.8 Å². The Bertz CT molecular complexity index is 558. The Morgan fingerprint density at radius 2 is 1.86 bits per heavy atom. The lowest BCUT2D eigenvalue weighted by molar-refractivity contribution is -0.120. The van der Waals surface area contributed by atoms with Crippen molar-refractivity contribution in [3.8, 4) is 0 Å². The quantitative estimate of drug-likeness (QED) is 0.641. The largest absolute Gasteiger partial charge is 0.384 e. The summed E-state index contributed by atoms with van der Waals surface area (Å²) >= 11 is 0. The number of amides is 1. The molecule has 3 N–H and O–H groups in total. The van der Waals surface area contributed by atoms with Gasteiger partial charge in [0.2, 0.25) is 15.9 Å². The first-order chi connectivity index (χ1) is 10.0. The molecule has 0 saturated carbocycles. The summed E-state index contributed by atoms with van der Waals surface area (Å²) in [4.78, 5) is 11.6. The Kier molecular flexibility index (Phi) is 7.18. The summed E-state index contributed by atoms with van der Waals surface area (Å²) in [6, 6.07) is 6.70. The number of carbonyl (C=O) groups is 1. The maximum Gasteiger partial charge on any atom is 0.242 e. The van der Waals surface area contributed by atoms with Crippen molar-refractivity contribution in [2.24, 2.45) is 0 Å². The van der Waals surface area contributed by atoms with Crippen LogP contribution in [0.4, 0.5) is 5.69 Å². The molecule has 6 nitrogen and oxygen atoms in total. The van der Waals surface area contributed by atoms with Crippen molar-refractivity contribution in [1.29, 1.82) is 0 Å². The molecule has 1 aromatic rings. The Balaban J connectivity index is 2.63. The van der Waals surface area contributed by atoms with Gasteiger partial charge in [-0.15, -0.1) is 0 Å². The van der Waals surface area contributed by atoms with Crippen LogP contribution in [0, 0.1) is 0 Å². The van der Waals surface area contributed by atoms with Crippen LogP contribution < -0.4 is 15.4 Å². The third kappa shape index (κ3) is 5.73. The number of carbonyl (C=O) groups excluding carboxylic acids is 1. The van der Waals surface area contributed by atoms with Crippen molar-refractivity contribution < 1.29 is 13.2 Å². The van der Waals surface area contributed by atoms with Gasteiger partial charge in [0.15, 0.2) is 0 Å². The molecule has 0 heterocycles. The molecule has 0 saturated heterocycles. The Labute approximate surface area is 126 Å². The summed E-state index contributed by atoms with van der Waals surface area (Å²) in [5, 5.41) is 5.71. The van der Waals surface area contributed by atoms with E-state index in [0.29, 0.717) is 18.8 Å². The van der Waals surface area contributed by atoms with Gasteiger partial charge >= 0.3 is 0 Å². The number of nitrogens with one attached hydrogen (secondary N) is 3. The van der Waals surface area contributed by atoms with Crippen LogP contribution in [0.25, 0.3) is 0 Å². The highest BCUT2D eigenvalue weighted by atomic mass is 32.2. The molecule has 21 heavy (non-hydrogen) atoms. The molecule has 0 spiro atoms. The number of para-hydroxylation sites is 1. The number of sulfonamides is 1. The fourth-order valence-corrected chi connectivity index (χ4v) is 2.98. The lowest BCUT2D eigenvalue weighted by Crippen LogP contribution is -2.31. The van der Waals surface area contributed by atoms with Gasteiger partial charge in [-0.3, -0.25) is 4.79 Å². The van der Waals surface area contributed by atoms with Gasteiger partial charge in [-0.25, -0.2) is 13.1 Å². The van der Waals surface area contributed by atoms with E-state index in [2.05, 4.69) is 15.4 Å². The van der Waals surface area contributed by atoms with Crippen LogP contribution in [0.15, 0.2) is 29.2 Å². The molecule has 118 valence electrons. The first kappa shape index (κ1) is 17.5. The second-order valence-corrected chi connectivity index (χ2v) is 6.26. The van der Waals surface area contributed by atoms with E-state index in [1.807, 2.05) is 13.8 Å². The highest BCUT2D eigenvalue weighted by molar-refractivity contribution is 7.89. The molecule has 0 fully saturated rings. The van der Waals surface area contributed by atoms with E-state index in [1.54, 1.807) is 18.2 Å². The van der Waals surface area contributed by atoms with E-state index in [0.717, 1.165) is 6.42 Å². The SMILES string of the molecule is CCCNC(=O)CCNS(=O)(=O)c1ccccc1NCC. The molecule has 1 amide bonds. The summed E-state index contributed by atoms with van der Waals surface area (Å²) in [6.07, 6.45) is 0.982. The second-order valence-electron chi connectivity index (χ2n) is 4.52. The molecule has 0 aliphatic heterocycles. The predicted octanol–water partition coefficient (Wildman–Crippen LogP) is 1.31. The number of anilines is 1. The summed E-state index contributed by atoms with van der Waals surface area (Å²) in [5.41, 5.74) is 0.558. The van der Waals surface area contributed by atoms with Crippen molar-refractivity contribution >= 4 is 21.6 Å². The van der Waals surface area contributed by atoms with Gasteiger partial charge < -0.3 is 10.6 Å². The van der Waals surface area contributed by atoms with Gasteiger partial charge in [0.05, 0.1) is 5.69 Å². The van der Waals surface area contributed by atoms with Crippen LogP contribution in [0.1, 0.15) is 26.7 Å². The lowest BCUT2D eigenvalue weighted by atomic mass is 10.3. The zero-order chi connectivity index (χ0) is 15.7. The molecular formula is C14H23N3O3S. The van der Waals surface area contributed by atoms with E-state index in [1.165, 1.54) is 6.07 Å². The first-order valence-electron chi connectivity index (χ1n) is 7.10. The molecule has 0 aliphatic rings. The summed E-state index contributed by atoms with van der Waals surface area (Å²) in [6.45, 7) is 5.18. The smallest absolute Gasteiger partial charge is 0.242 e.